The highest BCUT2D eigenvalue weighted by Crippen LogP contribution is 2.24. The Kier molecular flexibility index (Phi) is 6.25. The predicted molar refractivity (Wildman–Crippen MR) is 84.7 cm³/mol. The molecule has 0 heterocycles. The number of aryl methyl sites for hydroxylation is 1. The molecule has 1 aromatic rings. The van der Waals surface area contributed by atoms with Gasteiger partial charge in [0, 0.05) is 6.42 Å². The second-order valence-electron chi connectivity index (χ2n) is 5.05. The minimum atomic E-state index is -3.96. The summed E-state index contributed by atoms with van der Waals surface area (Å²) >= 11 is 11.3. The molecule has 0 aliphatic carbocycles. The van der Waals surface area contributed by atoms with Gasteiger partial charge in [-0.2, -0.15) is 0 Å². The molecule has 0 bridgehead atoms. The molecule has 7 heteroatoms. The van der Waals surface area contributed by atoms with E-state index in [2.05, 4.69) is 5.32 Å². The fourth-order valence-corrected chi connectivity index (χ4v) is 3.49. The monoisotopic (exact) mass is 349 g/mol. The van der Waals surface area contributed by atoms with Crippen molar-refractivity contribution in [2.45, 2.75) is 32.1 Å². The zero-order valence-corrected chi connectivity index (χ0v) is 14.3. The van der Waals surface area contributed by atoms with Crippen molar-refractivity contribution >= 4 is 38.9 Å². The van der Waals surface area contributed by atoms with Gasteiger partial charge in [-0.05, 0) is 25.0 Å². The average Bonchev–Trinajstić information content (AvgIpc) is 2.35. The molecule has 21 heavy (non-hydrogen) atoms. The Morgan fingerprint density at radius 3 is 2.14 bits per heavy atom. The van der Waals surface area contributed by atoms with Gasteiger partial charge in [-0.1, -0.05) is 54.7 Å². The predicted octanol–water partition coefficient (Wildman–Crippen LogP) is 3.54. The number of rotatable bonds is 5. The largest absolute Gasteiger partial charge is 0.314 e. The molecule has 116 valence electrons. The van der Waals surface area contributed by atoms with E-state index in [0.717, 1.165) is 5.56 Å². The SMILES string of the molecule is Cc1ccc(S(=O)(=O)C(NC(=O)CC(C)C)=C(Cl)Cl)cc1. The van der Waals surface area contributed by atoms with Crippen LogP contribution in [0.4, 0.5) is 0 Å². The number of benzene rings is 1. The molecule has 0 fully saturated rings. The van der Waals surface area contributed by atoms with Crippen molar-refractivity contribution in [1.29, 1.82) is 0 Å². The van der Waals surface area contributed by atoms with Crippen molar-refractivity contribution in [2.75, 3.05) is 0 Å². The molecule has 0 unspecified atom stereocenters. The molecular weight excluding hydrogens is 333 g/mol. The topological polar surface area (TPSA) is 63.2 Å². The molecule has 1 aromatic carbocycles. The van der Waals surface area contributed by atoms with Crippen molar-refractivity contribution in [3.63, 3.8) is 0 Å². The fourth-order valence-electron chi connectivity index (χ4n) is 1.60. The van der Waals surface area contributed by atoms with Crippen LogP contribution in [0, 0.1) is 12.8 Å². The van der Waals surface area contributed by atoms with E-state index in [1.54, 1.807) is 12.1 Å². The molecule has 4 nitrogen and oxygen atoms in total. The van der Waals surface area contributed by atoms with Crippen molar-refractivity contribution in [1.82, 2.24) is 5.32 Å². The maximum absolute atomic E-state index is 12.5. The summed E-state index contributed by atoms with van der Waals surface area (Å²) in [6, 6.07) is 6.19. The zero-order chi connectivity index (χ0) is 16.2. The molecule has 1 amide bonds. The van der Waals surface area contributed by atoms with Crippen LogP contribution in [0.3, 0.4) is 0 Å². The van der Waals surface area contributed by atoms with E-state index in [4.69, 9.17) is 23.2 Å². The Morgan fingerprint density at radius 2 is 1.71 bits per heavy atom. The summed E-state index contributed by atoms with van der Waals surface area (Å²) in [5.74, 6) is -0.364. The van der Waals surface area contributed by atoms with Gasteiger partial charge in [0.15, 0.2) is 5.03 Å². The first-order chi connectivity index (χ1) is 9.64. The second kappa shape index (κ2) is 7.29. The van der Waals surface area contributed by atoms with Crippen LogP contribution in [-0.2, 0) is 14.6 Å². The number of hydrogen-bond acceptors (Lipinski definition) is 3. The summed E-state index contributed by atoms with van der Waals surface area (Å²) < 4.78 is 24.4. The minimum absolute atomic E-state index is 0.0201. The summed E-state index contributed by atoms with van der Waals surface area (Å²) in [6.45, 7) is 5.53. The number of nitrogens with one attached hydrogen (secondary N) is 1. The maximum Gasteiger partial charge on any atom is 0.225 e. The van der Waals surface area contributed by atoms with Crippen LogP contribution in [0.25, 0.3) is 0 Å². The van der Waals surface area contributed by atoms with Crippen molar-refractivity contribution in [3.05, 3.63) is 39.3 Å². The van der Waals surface area contributed by atoms with Gasteiger partial charge in [-0.25, -0.2) is 8.42 Å². The molecule has 0 saturated carbocycles. The summed E-state index contributed by atoms with van der Waals surface area (Å²) in [5, 5.41) is 1.80. The highest BCUT2D eigenvalue weighted by Gasteiger charge is 2.25. The van der Waals surface area contributed by atoms with Crippen molar-refractivity contribution < 1.29 is 13.2 Å². The van der Waals surface area contributed by atoms with Crippen LogP contribution in [0.15, 0.2) is 38.7 Å². The van der Waals surface area contributed by atoms with E-state index < -0.39 is 25.3 Å². The lowest BCUT2D eigenvalue weighted by atomic mass is 10.1. The Hall–Kier alpha value is -1.04. The molecule has 1 rings (SSSR count). The van der Waals surface area contributed by atoms with Gasteiger partial charge >= 0.3 is 0 Å². The smallest absolute Gasteiger partial charge is 0.225 e. The Morgan fingerprint density at radius 1 is 1.19 bits per heavy atom. The van der Waals surface area contributed by atoms with Crippen LogP contribution in [0.2, 0.25) is 0 Å². The third kappa shape index (κ3) is 5.02. The van der Waals surface area contributed by atoms with Gasteiger partial charge in [0.1, 0.15) is 4.49 Å². The molecule has 0 atom stereocenters. The van der Waals surface area contributed by atoms with E-state index >= 15 is 0 Å². The lowest BCUT2D eigenvalue weighted by Crippen LogP contribution is -2.29. The molecule has 0 aromatic heterocycles. The van der Waals surface area contributed by atoms with Crippen LogP contribution < -0.4 is 5.32 Å². The lowest BCUT2D eigenvalue weighted by molar-refractivity contribution is -0.120. The van der Waals surface area contributed by atoms with E-state index in [9.17, 15) is 13.2 Å². The first kappa shape index (κ1) is 18.0. The van der Waals surface area contributed by atoms with Crippen molar-refractivity contribution in [3.8, 4) is 0 Å². The van der Waals surface area contributed by atoms with Gasteiger partial charge in [0.2, 0.25) is 15.7 Å². The standard InChI is InChI=1S/C14H17Cl2NO3S/c1-9(2)8-12(18)17-14(13(15)16)21(19,20)11-6-4-10(3)5-7-11/h4-7,9H,8H2,1-3H3,(H,17,18). The van der Waals surface area contributed by atoms with E-state index in [1.807, 2.05) is 20.8 Å². The number of halogens is 2. The van der Waals surface area contributed by atoms with Gasteiger partial charge in [-0.15, -0.1) is 0 Å². The number of amides is 1. The molecule has 0 spiro atoms. The highest BCUT2D eigenvalue weighted by atomic mass is 35.5. The number of carbonyl (C=O) groups is 1. The highest BCUT2D eigenvalue weighted by molar-refractivity contribution is 7.95. The van der Waals surface area contributed by atoms with Gasteiger partial charge in [0.05, 0.1) is 4.90 Å². The minimum Gasteiger partial charge on any atom is -0.314 e. The molecule has 0 aliphatic rings. The third-order valence-electron chi connectivity index (χ3n) is 2.62. The van der Waals surface area contributed by atoms with Crippen LogP contribution in [0.5, 0.6) is 0 Å². The molecule has 0 aliphatic heterocycles. The first-order valence-electron chi connectivity index (χ1n) is 6.31. The van der Waals surface area contributed by atoms with Gasteiger partial charge in [0.25, 0.3) is 0 Å². The molecular formula is C14H17Cl2NO3S. The van der Waals surface area contributed by atoms with Crippen LogP contribution in [0.1, 0.15) is 25.8 Å². The van der Waals surface area contributed by atoms with Gasteiger partial charge < -0.3 is 5.32 Å². The Labute approximate surface area is 135 Å². The zero-order valence-electron chi connectivity index (χ0n) is 12.0. The van der Waals surface area contributed by atoms with E-state index in [1.165, 1.54) is 12.1 Å². The Balaban J connectivity index is 3.14. The van der Waals surface area contributed by atoms with Gasteiger partial charge in [-0.3, -0.25) is 4.79 Å². The summed E-state index contributed by atoms with van der Waals surface area (Å²) in [7, 11) is -3.96. The summed E-state index contributed by atoms with van der Waals surface area (Å²) in [4.78, 5) is 11.8. The lowest BCUT2D eigenvalue weighted by Gasteiger charge is -2.12. The second-order valence-corrected chi connectivity index (χ2v) is 7.89. The number of sulfone groups is 1. The van der Waals surface area contributed by atoms with E-state index in [0.29, 0.717) is 0 Å². The maximum atomic E-state index is 12.5. The van der Waals surface area contributed by atoms with E-state index in [-0.39, 0.29) is 17.2 Å². The molecule has 0 radical (unpaired) electrons. The van der Waals surface area contributed by atoms with Crippen LogP contribution in [-0.4, -0.2) is 14.3 Å². The normalized spacial score (nSPS) is 11.3. The fraction of sp³-hybridized carbons (Fsp3) is 0.357. The number of hydrogen-bond donors (Lipinski definition) is 1. The molecule has 1 N–H and O–H groups in total. The van der Waals surface area contributed by atoms with Crippen molar-refractivity contribution in [2.24, 2.45) is 5.92 Å². The van der Waals surface area contributed by atoms with Crippen LogP contribution >= 0.6 is 23.2 Å². The Bertz CT molecular complexity index is 645. The summed E-state index contributed by atoms with van der Waals surface area (Å²) in [5.41, 5.74) is 0.917. The molecule has 0 saturated heterocycles. The summed E-state index contributed by atoms with van der Waals surface area (Å²) in [6.07, 6.45) is 0.175. The third-order valence-corrected chi connectivity index (χ3v) is 4.96. The number of carbonyl (C=O) groups excluding carboxylic acids is 1. The first-order valence-corrected chi connectivity index (χ1v) is 8.55. The quantitative estimate of drug-likeness (QED) is 0.884. The average molecular weight is 350 g/mol.